The van der Waals surface area contributed by atoms with Crippen LogP contribution in [-0.4, -0.2) is 16.7 Å². The molecule has 2 aromatic heterocycles. The number of nitrogens with zero attached hydrogens (tertiary/aromatic N) is 2. The molecule has 3 aromatic rings. The van der Waals surface area contributed by atoms with Gasteiger partial charge < -0.3 is 19.5 Å². The summed E-state index contributed by atoms with van der Waals surface area (Å²) in [6.07, 6.45) is 2.90. The van der Waals surface area contributed by atoms with Gasteiger partial charge in [-0.05, 0) is 24.5 Å². The fourth-order valence-electron chi connectivity index (χ4n) is 3.40. The van der Waals surface area contributed by atoms with Gasteiger partial charge in [-0.1, -0.05) is 32.0 Å². The van der Waals surface area contributed by atoms with Gasteiger partial charge in [0.2, 0.25) is 0 Å². The normalized spacial score (nSPS) is 11.4. The monoisotopic (exact) mass is 355 g/mol. The first-order valence-electron chi connectivity index (χ1n) is 8.94. The van der Waals surface area contributed by atoms with Crippen LogP contribution in [0.25, 0.3) is 10.9 Å². The molecule has 0 aliphatic rings. The zero-order chi connectivity index (χ0) is 18.8. The van der Waals surface area contributed by atoms with E-state index < -0.39 is 0 Å². The van der Waals surface area contributed by atoms with E-state index >= 15 is 0 Å². The molecule has 6 heteroatoms. The molecule has 6 nitrogen and oxygen atoms in total. The third kappa shape index (κ3) is 3.19. The molecule has 0 spiro atoms. The summed E-state index contributed by atoms with van der Waals surface area (Å²) in [6, 6.07) is 8.12. The molecule has 1 N–H and O–H groups in total. The average molecular weight is 355 g/mol. The number of aromatic nitrogens is 3. The molecule has 0 fully saturated rings. The molecule has 0 radical (unpaired) electrons. The first-order chi connectivity index (χ1) is 12.5. The number of nitrogens with one attached hydrogen (secondary N) is 1. The Morgan fingerprint density at radius 3 is 2.69 bits per heavy atom. The standard InChI is InChI=1S/C20H25N3O3/c1-5-22-12-14(15-8-6-7-9-17(15)22)11-16-20(26-4)23(25)18(10-13(2)3)19(24)21-16/h6-9,12-13H,5,10-11H2,1-4H3,(H,21,24). The van der Waals surface area contributed by atoms with Gasteiger partial charge in [0, 0.05) is 36.5 Å². The van der Waals surface area contributed by atoms with Crippen LogP contribution in [0.3, 0.4) is 0 Å². The quantitative estimate of drug-likeness (QED) is 0.546. The second-order valence-electron chi connectivity index (χ2n) is 6.92. The fraction of sp³-hybridized carbons (Fsp3) is 0.400. The van der Waals surface area contributed by atoms with Crippen LogP contribution in [0.1, 0.15) is 37.7 Å². The minimum Gasteiger partial charge on any atom is -0.616 e. The maximum atomic E-state index is 12.7. The van der Waals surface area contributed by atoms with E-state index in [0.29, 0.717) is 23.3 Å². The Bertz CT molecular complexity index is 986. The summed E-state index contributed by atoms with van der Waals surface area (Å²) >= 11 is 0. The van der Waals surface area contributed by atoms with Crippen LogP contribution in [0.2, 0.25) is 0 Å². The van der Waals surface area contributed by atoms with Crippen LogP contribution in [0.15, 0.2) is 35.3 Å². The van der Waals surface area contributed by atoms with E-state index in [-0.39, 0.29) is 23.1 Å². The maximum absolute atomic E-state index is 12.7. The largest absolute Gasteiger partial charge is 0.616 e. The number of ether oxygens (including phenoxy) is 1. The van der Waals surface area contributed by atoms with Gasteiger partial charge >= 0.3 is 11.4 Å². The molecular formula is C20H25N3O3. The summed E-state index contributed by atoms with van der Waals surface area (Å²) < 4.78 is 8.15. The van der Waals surface area contributed by atoms with Crippen LogP contribution in [0.4, 0.5) is 0 Å². The van der Waals surface area contributed by atoms with Crippen molar-refractivity contribution in [2.45, 2.75) is 40.2 Å². The first-order valence-corrected chi connectivity index (χ1v) is 8.94. The molecule has 0 unspecified atom stereocenters. The number of H-pyrrole nitrogens is 1. The SMILES string of the molecule is CCn1cc(Cc2[nH]c(=O)c(CC(C)C)[n+]([O-])c2OC)c2ccccc21. The molecule has 26 heavy (non-hydrogen) atoms. The Morgan fingerprint density at radius 1 is 1.31 bits per heavy atom. The Balaban J connectivity index is 2.10. The van der Waals surface area contributed by atoms with Gasteiger partial charge in [-0.3, -0.25) is 4.79 Å². The topological polar surface area (TPSA) is 74.0 Å². The molecule has 0 atom stereocenters. The van der Waals surface area contributed by atoms with Crippen molar-refractivity contribution in [3.8, 4) is 5.88 Å². The van der Waals surface area contributed by atoms with Gasteiger partial charge in [0.15, 0.2) is 0 Å². The lowest BCUT2D eigenvalue weighted by Crippen LogP contribution is -2.43. The molecule has 0 aliphatic carbocycles. The van der Waals surface area contributed by atoms with Crippen LogP contribution in [0, 0.1) is 11.1 Å². The summed E-state index contributed by atoms with van der Waals surface area (Å²) in [5.41, 5.74) is 2.53. The van der Waals surface area contributed by atoms with E-state index in [1.54, 1.807) is 0 Å². The van der Waals surface area contributed by atoms with Crippen molar-refractivity contribution in [2.75, 3.05) is 7.11 Å². The summed E-state index contributed by atoms with van der Waals surface area (Å²) in [6.45, 7) is 6.88. The molecule has 0 saturated heterocycles. The second kappa shape index (κ2) is 7.23. The number of aryl methyl sites for hydroxylation is 1. The van der Waals surface area contributed by atoms with Gasteiger partial charge in [0.05, 0.1) is 7.11 Å². The van der Waals surface area contributed by atoms with Crippen LogP contribution in [0.5, 0.6) is 5.88 Å². The number of methoxy groups -OCH3 is 1. The molecule has 2 heterocycles. The number of aromatic amines is 1. The van der Waals surface area contributed by atoms with E-state index in [1.807, 2.05) is 26.0 Å². The van der Waals surface area contributed by atoms with Crippen molar-refractivity contribution in [3.05, 3.63) is 63.0 Å². The molecule has 0 saturated carbocycles. The molecule has 0 aliphatic heterocycles. The minimum absolute atomic E-state index is 0.161. The second-order valence-corrected chi connectivity index (χ2v) is 6.92. The third-order valence-corrected chi connectivity index (χ3v) is 4.59. The number of fused-ring (bicyclic) bond motifs is 1. The Morgan fingerprint density at radius 2 is 2.04 bits per heavy atom. The molecule has 3 rings (SSSR count). The lowest BCUT2D eigenvalue weighted by atomic mass is 10.1. The van der Waals surface area contributed by atoms with Crippen molar-refractivity contribution in [3.63, 3.8) is 0 Å². The predicted molar refractivity (Wildman–Crippen MR) is 102 cm³/mol. The molecule has 1 aromatic carbocycles. The number of para-hydroxylation sites is 1. The number of hydrogen-bond acceptors (Lipinski definition) is 3. The average Bonchev–Trinajstić information content (AvgIpc) is 2.97. The smallest absolute Gasteiger partial charge is 0.400 e. The van der Waals surface area contributed by atoms with Crippen molar-refractivity contribution in [2.24, 2.45) is 5.92 Å². The van der Waals surface area contributed by atoms with Gasteiger partial charge in [-0.15, -0.1) is 4.73 Å². The van der Waals surface area contributed by atoms with Crippen molar-refractivity contribution < 1.29 is 9.47 Å². The highest BCUT2D eigenvalue weighted by Crippen LogP contribution is 2.25. The highest BCUT2D eigenvalue weighted by molar-refractivity contribution is 5.84. The fourth-order valence-corrected chi connectivity index (χ4v) is 3.40. The number of hydrogen-bond donors (Lipinski definition) is 1. The summed E-state index contributed by atoms with van der Waals surface area (Å²) in [5, 5.41) is 13.8. The molecule has 0 bridgehead atoms. The van der Waals surface area contributed by atoms with Crippen molar-refractivity contribution >= 4 is 10.9 Å². The summed E-state index contributed by atoms with van der Waals surface area (Å²) in [7, 11) is 1.46. The summed E-state index contributed by atoms with van der Waals surface area (Å²) in [4.78, 5) is 15.3. The van der Waals surface area contributed by atoms with E-state index in [0.717, 1.165) is 23.0 Å². The highest BCUT2D eigenvalue weighted by atomic mass is 16.5. The van der Waals surface area contributed by atoms with Crippen LogP contribution >= 0.6 is 0 Å². The summed E-state index contributed by atoms with van der Waals surface area (Å²) in [5.74, 6) is 0.364. The van der Waals surface area contributed by atoms with Crippen LogP contribution < -0.4 is 15.0 Å². The van der Waals surface area contributed by atoms with E-state index in [2.05, 4.69) is 34.8 Å². The van der Waals surface area contributed by atoms with Crippen molar-refractivity contribution in [1.82, 2.24) is 9.55 Å². The van der Waals surface area contributed by atoms with E-state index in [9.17, 15) is 10.0 Å². The Labute approximate surface area is 152 Å². The molecule has 0 amide bonds. The zero-order valence-corrected chi connectivity index (χ0v) is 15.7. The Kier molecular flexibility index (Phi) is 5.02. The van der Waals surface area contributed by atoms with Gasteiger partial charge in [0.25, 0.3) is 5.69 Å². The molecular weight excluding hydrogens is 330 g/mol. The lowest BCUT2D eigenvalue weighted by molar-refractivity contribution is -0.622. The lowest BCUT2D eigenvalue weighted by Gasteiger charge is -2.12. The highest BCUT2D eigenvalue weighted by Gasteiger charge is 2.24. The van der Waals surface area contributed by atoms with Gasteiger partial charge in [-0.2, -0.15) is 0 Å². The number of benzene rings is 1. The molecule has 138 valence electrons. The Hall–Kier alpha value is -2.76. The minimum atomic E-state index is -0.344. The third-order valence-electron chi connectivity index (χ3n) is 4.59. The number of rotatable bonds is 6. The zero-order valence-electron chi connectivity index (χ0n) is 15.7. The predicted octanol–water partition coefficient (Wildman–Crippen LogP) is 2.78. The van der Waals surface area contributed by atoms with Crippen molar-refractivity contribution in [1.29, 1.82) is 0 Å². The van der Waals surface area contributed by atoms with E-state index in [4.69, 9.17) is 4.74 Å². The first kappa shape index (κ1) is 18.0. The van der Waals surface area contributed by atoms with E-state index in [1.165, 1.54) is 7.11 Å². The van der Waals surface area contributed by atoms with Gasteiger partial charge in [0.1, 0.15) is 5.69 Å². The van der Waals surface area contributed by atoms with Crippen LogP contribution in [-0.2, 0) is 19.4 Å². The maximum Gasteiger partial charge on any atom is 0.400 e. The van der Waals surface area contributed by atoms with Gasteiger partial charge in [-0.25, -0.2) is 0 Å².